The minimum atomic E-state index is -0.542. The molecule has 23 heavy (non-hydrogen) atoms. The van der Waals surface area contributed by atoms with Crippen LogP contribution in [0.5, 0.6) is 5.75 Å². The van der Waals surface area contributed by atoms with Gasteiger partial charge in [0.1, 0.15) is 0 Å². The second kappa shape index (κ2) is 6.19. The normalized spacial score (nSPS) is 11.0. The number of hydrogen-bond donors (Lipinski definition) is 2. The molecule has 1 heterocycles. The van der Waals surface area contributed by atoms with Crippen molar-refractivity contribution in [3.63, 3.8) is 0 Å². The van der Waals surface area contributed by atoms with Gasteiger partial charge in [0.05, 0.1) is 11.1 Å². The lowest BCUT2D eigenvalue weighted by Crippen LogP contribution is -2.11. The van der Waals surface area contributed by atoms with Crippen molar-refractivity contribution in [1.82, 2.24) is 4.98 Å². The highest BCUT2D eigenvalue weighted by Gasteiger charge is 2.13. The topological polar surface area (TPSA) is 85.2 Å². The number of carbonyl (C=O) groups is 2. The fraction of sp³-hybridized carbons (Fsp3) is 0. The van der Waals surface area contributed by atoms with Gasteiger partial charge in [0.25, 0.3) is 5.91 Å². The first-order valence-electron chi connectivity index (χ1n) is 7.00. The van der Waals surface area contributed by atoms with Crippen molar-refractivity contribution in [2.24, 2.45) is 5.73 Å². The molecule has 0 bridgehead atoms. The summed E-state index contributed by atoms with van der Waals surface area (Å²) < 4.78 is 5.32. The van der Waals surface area contributed by atoms with E-state index in [0.29, 0.717) is 22.2 Å². The molecule has 0 aliphatic carbocycles. The smallest absolute Gasteiger partial charge is 0.336 e. The maximum atomic E-state index is 11.9. The second-order valence-electron chi connectivity index (χ2n) is 4.91. The third-order valence-corrected chi connectivity index (χ3v) is 3.36. The minimum Gasteiger partial charge on any atom is -0.421 e. The number of aromatic nitrogens is 1. The Labute approximate surface area is 132 Å². The van der Waals surface area contributed by atoms with E-state index >= 15 is 0 Å². The number of benzene rings is 2. The largest absolute Gasteiger partial charge is 0.421 e. The predicted molar refractivity (Wildman–Crippen MR) is 87.9 cm³/mol. The number of ether oxygens (including phenoxy) is 1. The number of esters is 1. The predicted octanol–water partition coefficient (Wildman–Crippen LogP) is 2.89. The number of nitrogens with one attached hydrogen (secondary N) is 1. The molecule has 0 saturated heterocycles. The summed E-state index contributed by atoms with van der Waals surface area (Å²) in [6.45, 7) is 0. The summed E-state index contributed by atoms with van der Waals surface area (Å²) in [5, 5.41) is 0.628. The zero-order valence-electron chi connectivity index (χ0n) is 12.2. The van der Waals surface area contributed by atoms with Crippen molar-refractivity contribution in [2.45, 2.75) is 0 Å². The number of para-hydroxylation sites is 1. The zero-order chi connectivity index (χ0) is 16.2. The summed E-state index contributed by atoms with van der Waals surface area (Å²) in [5.74, 6) is -0.690. The summed E-state index contributed by atoms with van der Waals surface area (Å²) in [4.78, 5) is 26.2. The number of rotatable bonds is 4. The fourth-order valence-corrected chi connectivity index (χ4v) is 2.29. The molecular weight excluding hydrogens is 292 g/mol. The lowest BCUT2D eigenvalue weighted by atomic mass is 10.1. The highest BCUT2D eigenvalue weighted by molar-refractivity contribution is 6.07. The number of hydrogen-bond acceptors (Lipinski definition) is 3. The van der Waals surface area contributed by atoms with Crippen LogP contribution in [0, 0.1) is 0 Å². The maximum absolute atomic E-state index is 11.9. The Kier molecular flexibility index (Phi) is 3.93. The number of carbonyl (C=O) groups excluding carboxylic acids is 2. The second-order valence-corrected chi connectivity index (χ2v) is 4.91. The molecule has 0 unspecified atom stereocenters. The molecule has 5 nitrogen and oxygen atoms in total. The van der Waals surface area contributed by atoms with Crippen LogP contribution >= 0.6 is 0 Å². The van der Waals surface area contributed by atoms with Crippen LogP contribution in [0.15, 0.2) is 60.8 Å². The summed E-state index contributed by atoms with van der Waals surface area (Å²) >= 11 is 0. The molecule has 0 saturated carbocycles. The Morgan fingerprint density at radius 1 is 1.04 bits per heavy atom. The third-order valence-electron chi connectivity index (χ3n) is 3.36. The summed E-state index contributed by atoms with van der Waals surface area (Å²) in [7, 11) is 0. The Bertz CT molecular complexity index is 895. The average molecular weight is 306 g/mol. The average Bonchev–Trinajstić information content (AvgIpc) is 2.97. The van der Waals surface area contributed by atoms with E-state index in [2.05, 4.69) is 4.98 Å². The minimum absolute atomic E-state index is 0.352. The van der Waals surface area contributed by atoms with E-state index in [-0.39, 0.29) is 0 Å². The highest BCUT2D eigenvalue weighted by atomic mass is 16.5. The lowest BCUT2D eigenvalue weighted by molar-refractivity contribution is -0.128. The van der Waals surface area contributed by atoms with E-state index in [0.717, 1.165) is 5.56 Å². The first kappa shape index (κ1) is 14.6. The van der Waals surface area contributed by atoms with Gasteiger partial charge in [-0.15, -0.1) is 0 Å². The quantitative estimate of drug-likeness (QED) is 0.574. The van der Waals surface area contributed by atoms with E-state index in [9.17, 15) is 9.59 Å². The molecule has 1 aromatic heterocycles. The molecule has 0 aliphatic rings. The first-order chi connectivity index (χ1) is 11.1. The fourth-order valence-electron chi connectivity index (χ4n) is 2.29. The van der Waals surface area contributed by atoms with Crippen molar-refractivity contribution < 1.29 is 14.3 Å². The molecular formula is C18H14N2O3. The summed E-state index contributed by atoms with van der Waals surface area (Å²) in [6.07, 6.45) is 4.56. The molecule has 3 aromatic rings. The van der Waals surface area contributed by atoms with Crippen LogP contribution in [0.4, 0.5) is 0 Å². The van der Waals surface area contributed by atoms with Crippen LogP contribution < -0.4 is 10.5 Å². The molecule has 114 valence electrons. The zero-order valence-corrected chi connectivity index (χ0v) is 12.2. The van der Waals surface area contributed by atoms with Gasteiger partial charge >= 0.3 is 5.97 Å². The standard InChI is InChI=1S/C18H14N2O3/c19-18(22)14-8-4-7-13-15(11-20-17(13)14)23-16(21)10-9-12-5-2-1-3-6-12/h1-11,20H,(H2,19,22)/b10-9+. The number of primary amides is 1. The molecule has 0 aliphatic heterocycles. The lowest BCUT2D eigenvalue weighted by Gasteiger charge is -2.01. The van der Waals surface area contributed by atoms with Gasteiger partial charge in [-0.3, -0.25) is 4.79 Å². The van der Waals surface area contributed by atoms with Crippen LogP contribution in [-0.2, 0) is 4.79 Å². The van der Waals surface area contributed by atoms with Crippen LogP contribution in [0.3, 0.4) is 0 Å². The monoisotopic (exact) mass is 306 g/mol. The van der Waals surface area contributed by atoms with E-state index in [1.807, 2.05) is 30.3 Å². The molecule has 0 radical (unpaired) electrons. The highest BCUT2D eigenvalue weighted by Crippen LogP contribution is 2.27. The number of nitrogens with two attached hydrogens (primary N) is 1. The molecule has 1 amide bonds. The third kappa shape index (κ3) is 3.13. The Morgan fingerprint density at radius 2 is 1.83 bits per heavy atom. The van der Waals surface area contributed by atoms with E-state index in [1.54, 1.807) is 24.3 Å². The first-order valence-corrected chi connectivity index (χ1v) is 7.00. The number of fused-ring (bicyclic) bond motifs is 1. The van der Waals surface area contributed by atoms with Gasteiger partial charge in [-0.2, -0.15) is 0 Å². The summed E-state index contributed by atoms with van der Waals surface area (Å²) in [6, 6.07) is 14.5. The van der Waals surface area contributed by atoms with Crippen molar-refractivity contribution in [3.05, 3.63) is 71.9 Å². The summed E-state index contributed by atoms with van der Waals surface area (Å²) in [5.41, 5.74) is 7.13. The van der Waals surface area contributed by atoms with Gasteiger partial charge in [0, 0.05) is 17.7 Å². The van der Waals surface area contributed by atoms with Crippen molar-refractivity contribution in [2.75, 3.05) is 0 Å². The Hall–Kier alpha value is -3.34. The molecule has 0 fully saturated rings. The van der Waals surface area contributed by atoms with Gasteiger partial charge in [-0.1, -0.05) is 36.4 Å². The van der Waals surface area contributed by atoms with E-state index < -0.39 is 11.9 Å². The van der Waals surface area contributed by atoms with Crippen LogP contribution in [-0.4, -0.2) is 16.9 Å². The van der Waals surface area contributed by atoms with Gasteiger partial charge < -0.3 is 15.5 Å². The van der Waals surface area contributed by atoms with Crippen LogP contribution in [0.1, 0.15) is 15.9 Å². The van der Waals surface area contributed by atoms with Crippen molar-refractivity contribution in [1.29, 1.82) is 0 Å². The SMILES string of the molecule is NC(=O)c1cccc2c(OC(=O)/C=C/c3ccccc3)c[nH]c12. The van der Waals surface area contributed by atoms with Crippen LogP contribution in [0.2, 0.25) is 0 Å². The molecule has 2 aromatic carbocycles. The van der Waals surface area contributed by atoms with Gasteiger partial charge in [-0.25, -0.2) is 4.79 Å². The molecule has 0 spiro atoms. The van der Waals surface area contributed by atoms with Gasteiger partial charge in [0.2, 0.25) is 0 Å². The number of H-pyrrole nitrogens is 1. The van der Waals surface area contributed by atoms with Crippen LogP contribution in [0.25, 0.3) is 17.0 Å². The van der Waals surface area contributed by atoms with Crippen molar-refractivity contribution >= 4 is 28.9 Å². The molecule has 3 rings (SSSR count). The number of amides is 1. The molecule has 5 heteroatoms. The molecule has 3 N–H and O–H groups in total. The Morgan fingerprint density at radius 3 is 2.57 bits per heavy atom. The number of aromatic amines is 1. The maximum Gasteiger partial charge on any atom is 0.336 e. The Balaban J connectivity index is 1.82. The van der Waals surface area contributed by atoms with Gasteiger partial charge in [0.15, 0.2) is 5.75 Å². The van der Waals surface area contributed by atoms with Gasteiger partial charge in [-0.05, 0) is 23.8 Å². The van der Waals surface area contributed by atoms with E-state index in [4.69, 9.17) is 10.5 Å². The molecule has 0 atom stereocenters. The van der Waals surface area contributed by atoms with Crippen molar-refractivity contribution in [3.8, 4) is 5.75 Å². The van der Waals surface area contributed by atoms with E-state index in [1.165, 1.54) is 12.3 Å².